The van der Waals surface area contributed by atoms with Gasteiger partial charge >= 0.3 is 11.9 Å². The summed E-state index contributed by atoms with van der Waals surface area (Å²) in [4.78, 5) is 23.6. The maximum Gasteiger partial charge on any atom is 0.317 e. The molecule has 0 bridgehead atoms. The second-order valence-corrected chi connectivity index (χ2v) is 8.33. The number of hydrogen-bond donors (Lipinski definition) is 0. The first-order valence-electron chi connectivity index (χ1n) is 12.5. The lowest BCUT2D eigenvalue weighted by Gasteiger charge is -2.16. The molecule has 0 N–H and O–H groups in total. The van der Waals surface area contributed by atoms with Crippen molar-refractivity contribution < 1.29 is 19.1 Å². The van der Waals surface area contributed by atoms with E-state index >= 15 is 0 Å². The maximum absolute atomic E-state index is 11.8. The molecule has 0 unspecified atom stereocenters. The molecule has 0 radical (unpaired) electrons. The standard InChI is InChI=1S/C25H48O4/c1-4-7-8-9-10-11-12-13-14-15-16-17-18-21-28-24(26)22-25(27)29-23(19-5-2)20-6-3/h23H,4-22H2,1-3H3. The van der Waals surface area contributed by atoms with Gasteiger partial charge in [-0.3, -0.25) is 9.59 Å². The molecule has 0 spiro atoms. The Bertz CT molecular complexity index is 375. The average Bonchev–Trinajstić information content (AvgIpc) is 2.68. The number of esters is 2. The third kappa shape index (κ3) is 20.0. The number of unbranched alkanes of at least 4 members (excludes halogenated alkanes) is 12. The fraction of sp³-hybridized carbons (Fsp3) is 0.920. The van der Waals surface area contributed by atoms with Crippen LogP contribution >= 0.6 is 0 Å². The fourth-order valence-electron chi connectivity index (χ4n) is 3.61. The van der Waals surface area contributed by atoms with Crippen LogP contribution in [-0.4, -0.2) is 24.6 Å². The molecule has 29 heavy (non-hydrogen) atoms. The highest BCUT2D eigenvalue weighted by Crippen LogP contribution is 2.13. The Balaban J connectivity index is 3.45. The molecule has 0 rings (SSSR count). The lowest BCUT2D eigenvalue weighted by atomic mass is 10.0. The highest BCUT2D eigenvalue weighted by molar-refractivity contribution is 5.91. The Morgan fingerprint density at radius 3 is 1.48 bits per heavy atom. The minimum Gasteiger partial charge on any atom is -0.465 e. The zero-order chi connectivity index (χ0) is 21.6. The van der Waals surface area contributed by atoms with Crippen molar-refractivity contribution in [2.45, 2.75) is 142 Å². The molecule has 0 aromatic heterocycles. The van der Waals surface area contributed by atoms with Crippen LogP contribution in [0.3, 0.4) is 0 Å². The van der Waals surface area contributed by atoms with Gasteiger partial charge in [-0.1, -0.05) is 111 Å². The first-order valence-corrected chi connectivity index (χ1v) is 12.5. The number of carbonyl (C=O) groups is 2. The third-order valence-electron chi connectivity index (χ3n) is 5.32. The van der Waals surface area contributed by atoms with E-state index in [0.29, 0.717) is 6.61 Å². The minimum atomic E-state index is -0.458. The van der Waals surface area contributed by atoms with Gasteiger partial charge in [-0.2, -0.15) is 0 Å². The molecular weight excluding hydrogens is 364 g/mol. The molecule has 0 aliphatic carbocycles. The van der Waals surface area contributed by atoms with Crippen LogP contribution in [0, 0.1) is 0 Å². The molecule has 0 atom stereocenters. The van der Waals surface area contributed by atoms with E-state index in [1.165, 1.54) is 70.6 Å². The molecule has 0 aliphatic rings. The van der Waals surface area contributed by atoms with Crippen LogP contribution in [0.2, 0.25) is 0 Å². The minimum absolute atomic E-state index is 0.0636. The van der Waals surface area contributed by atoms with Crippen LogP contribution in [-0.2, 0) is 19.1 Å². The predicted molar refractivity (Wildman–Crippen MR) is 121 cm³/mol. The predicted octanol–water partition coefficient (Wildman–Crippen LogP) is 7.52. The normalized spacial score (nSPS) is 11.0. The number of carbonyl (C=O) groups excluding carboxylic acids is 2. The summed E-state index contributed by atoms with van der Waals surface area (Å²) in [5.74, 6) is -0.909. The second-order valence-electron chi connectivity index (χ2n) is 8.33. The van der Waals surface area contributed by atoms with Crippen LogP contribution in [0.1, 0.15) is 136 Å². The monoisotopic (exact) mass is 412 g/mol. The zero-order valence-corrected chi connectivity index (χ0v) is 19.6. The second kappa shape index (κ2) is 21.6. The van der Waals surface area contributed by atoms with Gasteiger partial charge in [0.25, 0.3) is 0 Å². The van der Waals surface area contributed by atoms with Gasteiger partial charge in [0.05, 0.1) is 6.61 Å². The van der Waals surface area contributed by atoms with E-state index < -0.39 is 11.9 Å². The van der Waals surface area contributed by atoms with E-state index in [1.807, 2.05) is 0 Å². The molecule has 0 aliphatic heterocycles. The van der Waals surface area contributed by atoms with Crippen molar-refractivity contribution >= 4 is 11.9 Å². The summed E-state index contributed by atoms with van der Waals surface area (Å²) in [5.41, 5.74) is 0. The number of rotatable bonds is 21. The van der Waals surface area contributed by atoms with Gasteiger partial charge in [-0.15, -0.1) is 0 Å². The van der Waals surface area contributed by atoms with Crippen molar-refractivity contribution in [2.24, 2.45) is 0 Å². The van der Waals surface area contributed by atoms with Gasteiger partial charge in [0.15, 0.2) is 0 Å². The molecule has 172 valence electrons. The molecule has 0 amide bonds. The number of hydrogen-bond acceptors (Lipinski definition) is 4. The highest BCUT2D eigenvalue weighted by Gasteiger charge is 2.17. The van der Waals surface area contributed by atoms with Gasteiger partial charge in [0.2, 0.25) is 0 Å². The van der Waals surface area contributed by atoms with Crippen molar-refractivity contribution in [3.8, 4) is 0 Å². The van der Waals surface area contributed by atoms with Gasteiger partial charge in [0.1, 0.15) is 12.5 Å². The Kier molecular flexibility index (Phi) is 20.9. The largest absolute Gasteiger partial charge is 0.465 e. The van der Waals surface area contributed by atoms with Crippen LogP contribution in [0.15, 0.2) is 0 Å². The van der Waals surface area contributed by atoms with Crippen molar-refractivity contribution in [3.05, 3.63) is 0 Å². The van der Waals surface area contributed by atoms with Gasteiger partial charge in [-0.25, -0.2) is 0 Å². The maximum atomic E-state index is 11.8. The Morgan fingerprint density at radius 1 is 0.586 bits per heavy atom. The number of ether oxygens (including phenoxy) is 2. The van der Waals surface area contributed by atoms with Crippen molar-refractivity contribution in [1.29, 1.82) is 0 Å². The summed E-state index contributed by atoms with van der Waals surface area (Å²) in [6.45, 7) is 6.82. The van der Waals surface area contributed by atoms with E-state index in [4.69, 9.17) is 9.47 Å². The molecule has 4 heteroatoms. The van der Waals surface area contributed by atoms with Gasteiger partial charge < -0.3 is 9.47 Å². The van der Waals surface area contributed by atoms with E-state index in [9.17, 15) is 9.59 Å². The molecular formula is C25H48O4. The fourth-order valence-corrected chi connectivity index (χ4v) is 3.61. The summed E-state index contributed by atoms with van der Waals surface area (Å²) in [6.07, 6.45) is 20.1. The SMILES string of the molecule is CCCCCCCCCCCCCCCOC(=O)CC(=O)OC(CCC)CCC. The average molecular weight is 413 g/mol. The first-order chi connectivity index (χ1) is 14.1. The lowest BCUT2D eigenvalue weighted by Crippen LogP contribution is -2.21. The zero-order valence-electron chi connectivity index (χ0n) is 19.6. The molecule has 4 nitrogen and oxygen atoms in total. The van der Waals surface area contributed by atoms with E-state index in [2.05, 4.69) is 20.8 Å². The summed E-state index contributed by atoms with van der Waals surface area (Å²) in [5, 5.41) is 0. The molecule has 0 saturated heterocycles. The lowest BCUT2D eigenvalue weighted by molar-refractivity contribution is -0.158. The van der Waals surface area contributed by atoms with Crippen molar-refractivity contribution in [2.75, 3.05) is 6.61 Å². The van der Waals surface area contributed by atoms with Crippen molar-refractivity contribution in [1.82, 2.24) is 0 Å². The molecule has 0 aromatic rings. The Morgan fingerprint density at radius 2 is 1.03 bits per heavy atom. The molecule has 0 fully saturated rings. The van der Waals surface area contributed by atoms with Gasteiger partial charge in [0, 0.05) is 0 Å². The molecule has 0 aromatic carbocycles. The smallest absolute Gasteiger partial charge is 0.317 e. The van der Waals surface area contributed by atoms with Crippen molar-refractivity contribution in [3.63, 3.8) is 0 Å². The Hall–Kier alpha value is -1.06. The van der Waals surface area contributed by atoms with Crippen LogP contribution in [0.4, 0.5) is 0 Å². The Labute approximate surface area is 180 Å². The van der Waals surface area contributed by atoms with E-state index in [1.54, 1.807) is 0 Å². The van der Waals surface area contributed by atoms with Crippen LogP contribution in [0.5, 0.6) is 0 Å². The summed E-state index contributed by atoms with van der Waals surface area (Å²) >= 11 is 0. The summed E-state index contributed by atoms with van der Waals surface area (Å²) in [7, 11) is 0. The van der Waals surface area contributed by atoms with E-state index in [0.717, 1.165) is 38.5 Å². The first kappa shape index (κ1) is 27.9. The molecule has 0 saturated carbocycles. The van der Waals surface area contributed by atoms with Gasteiger partial charge in [-0.05, 0) is 19.3 Å². The van der Waals surface area contributed by atoms with E-state index in [-0.39, 0.29) is 12.5 Å². The van der Waals surface area contributed by atoms with Crippen LogP contribution < -0.4 is 0 Å². The highest BCUT2D eigenvalue weighted by atomic mass is 16.6. The third-order valence-corrected chi connectivity index (χ3v) is 5.32. The summed E-state index contributed by atoms with van der Waals surface area (Å²) in [6, 6.07) is 0. The van der Waals surface area contributed by atoms with Crippen LogP contribution in [0.25, 0.3) is 0 Å². The topological polar surface area (TPSA) is 52.6 Å². The molecule has 0 heterocycles. The summed E-state index contributed by atoms with van der Waals surface area (Å²) < 4.78 is 10.6. The quantitative estimate of drug-likeness (QED) is 0.111.